The number of carbonyl (C=O) groups is 2. The van der Waals surface area contributed by atoms with Crippen molar-refractivity contribution in [2.24, 2.45) is 5.41 Å². The molecule has 0 aliphatic carbocycles. The van der Waals surface area contributed by atoms with Crippen molar-refractivity contribution in [3.63, 3.8) is 0 Å². The molecule has 8 nitrogen and oxygen atoms in total. The van der Waals surface area contributed by atoms with Crippen molar-refractivity contribution in [3.8, 4) is 11.6 Å². The van der Waals surface area contributed by atoms with Gasteiger partial charge in [0.1, 0.15) is 11.3 Å². The van der Waals surface area contributed by atoms with Crippen molar-refractivity contribution < 1.29 is 23.8 Å². The zero-order valence-corrected chi connectivity index (χ0v) is 26.8. The quantitative estimate of drug-likeness (QED) is 0.0885. The van der Waals surface area contributed by atoms with Crippen molar-refractivity contribution in [2.75, 3.05) is 6.79 Å². The summed E-state index contributed by atoms with van der Waals surface area (Å²) in [5.74, 6) is -1.02. The van der Waals surface area contributed by atoms with Crippen LogP contribution in [0.5, 0.6) is 11.6 Å². The first kappa shape index (κ1) is 31.5. The van der Waals surface area contributed by atoms with Gasteiger partial charge in [-0.25, -0.2) is 9.48 Å². The summed E-state index contributed by atoms with van der Waals surface area (Å²) in [6.45, 7) is 4.54. The van der Waals surface area contributed by atoms with Crippen LogP contribution in [-0.4, -0.2) is 33.7 Å². The second-order valence-corrected chi connectivity index (χ2v) is 12.4. The summed E-state index contributed by atoms with van der Waals surface area (Å²) in [5.41, 5.74) is 0.367. The van der Waals surface area contributed by atoms with Crippen molar-refractivity contribution in [1.82, 2.24) is 15.0 Å². The van der Waals surface area contributed by atoms with Crippen LogP contribution in [0, 0.1) is 5.41 Å². The Hall–Kier alpha value is -5.47. The number of aromatic nitrogens is 3. The molecule has 0 N–H and O–H groups in total. The summed E-state index contributed by atoms with van der Waals surface area (Å²) in [7, 11) is 0. The molecule has 1 heterocycles. The molecule has 0 saturated heterocycles. The first-order valence-electron chi connectivity index (χ1n) is 15.0. The molecule has 236 valence electrons. The Balaban J connectivity index is 1.54. The zero-order chi connectivity index (χ0) is 33.0. The molecule has 0 aliphatic rings. The van der Waals surface area contributed by atoms with Gasteiger partial charge in [0.05, 0.1) is 5.41 Å². The van der Waals surface area contributed by atoms with E-state index in [1.165, 1.54) is 4.68 Å². The molecule has 0 amide bonds. The summed E-state index contributed by atoms with van der Waals surface area (Å²) >= 11 is 6.19. The standard InChI is InChI=1S/C38H32ClN3O5/c1-37(2,3)36(44)46-25-45-35(43)33-34(47-32-22-20-26-23-31(39)21-19-27(26)24-32)40-41-42(33)38(28-13-7-4-8-14-28,29-15-9-5-10-16-29)30-17-11-6-12-18-30/h4-24H,25H2,1-3H3. The lowest BCUT2D eigenvalue weighted by Gasteiger charge is -2.36. The monoisotopic (exact) mass is 645 g/mol. The third kappa shape index (κ3) is 6.33. The van der Waals surface area contributed by atoms with Crippen LogP contribution in [0.1, 0.15) is 48.0 Å². The minimum Gasteiger partial charge on any atom is -0.436 e. The van der Waals surface area contributed by atoms with Crippen LogP contribution in [0.2, 0.25) is 5.02 Å². The molecule has 0 unspecified atom stereocenters. The van der Waals surface area contributed by atoms with Gasteiger partial charge in [0.15, 0.2) is 0 Å². The minimum atomic E-state index is -1.20. The number of fused-ring (bicyclic) bond motifs is 1. The van der Waals surface area contributed by atoms with Crippen LogP contribution >= 0.6 is 11.6 Å². The second-order valence-electron chi connectivity index (χ2n) is 12.0. The first-order valence-corrected chi connectivity index (χ1v) is 15.4. The van der Waals surface area contributed by atoms with Crippen molar-refractivity contribution >= 4 is 34.3 Å². The topological polar surface area (TPSA) is 92.5 Å². The van der Waals surface area contributed by atoms with E-state index in [4.69, 9.17) is 25.8 Å². The van der Waals surface area contributed by atoms with Gasteiger partial charge < -0.3 is 14.2 Å². The number of esters is 2. The Labute approximate surface area is 277 Å². The van der Waals surface area contributed by atoms with Crippen LogP contribution in [0.15, 0.2) is 127 Å². The van der Waals surface area contributed by atoms with E-state index < -0.39 is 29.7 Å². The van der Waals surface area contributed by atoms with Gasteiger partial charge in [-0.2, -0.15) is 0 Å². The SMILES string of the molecule is CC(C)(C)C(=O)OCOC(=O)c1c(Oc2ccc3cc(Cl)ccc3c2)nnn1C(c1ccccc1)(c1ccccc1)c1ccccc1. The minimum absolute atomic E-state index is 0.0791. The lowest BCUT2D eigenvalue weighted by Crippen LogP contribution is -2.41. The normalized spacial score (nSPS) is 11.7. The molecule has 5 aromatic carbocycles. The summed E-state index contributed by atoms with van der Waals surface area (Å²) in [6.07, 6.45) is 0. The predicted octanol–water partition coefficient (Wildman–Crippen LogP) is 8.42. The van der Waals surface area contributed by atoms with Gasteiger partial charge in [-0.1, -0.05) is 125 Å². The summed E-state index contributed by atoms with van der Waals surface area (Å²) in [5, 5.41) is 11.4. The molecule has 1 aromatic heterocycles. The fourth-order valence-electron chi connectivity index (χ4n) is 5.44. The Morgan fingerprint density at radius 2 is 1.23 bits per heavy atom. The fourth-order valence-corrected chi connectivity index (χ4v) is 5.62. The van der Waals surface area contributed by atoms with E-state index in [0.717, 1.165) is 27.5 Å². The van der Waals surface area contributed by atoms with E-state index in [0.29, 0.717) is 10.8 Å². The third-order valence-electron chi connectivity index (χ3n) is 7.71. The van der Waals surface area contributed by atoms with Crippen LogP contribution in [-0.2, 0) is 19.8 Å². The van der Waals surface area contributed by atoms with Gasteiger partial charge in [0, 0.05) is 5.02 Å². The zero-order valence-electron chi connectivity index (χ0n) is 26.1. The van der Waals surface area contributed by atoms with Gasteiger partial charge in [0.25, 0.3) is 5.88 Å². The van der Waals surface area contributed by atoms with E-state index in [1.54, 1.807) is 32.9 Å². The smallest absolute Gasteiger partial charge is 0.365 e. The summed E-state index contributed by atoms with van der Waals surface area (Å²) in [4.78, 5) is 26.6. The lowest BCUT2D eigenvalue weighted by molar-refractivity contribution is -0.161. The molecule has 0 saturated carbocycles. The van der Waals surface area contributed by atoms with Crippen molar-refractivity contribution in [1.29, 1.82) is 0 Å². The molecular formula is C38H32ClN3O5. The Morgan fingerprint density at radius 3 is 1.79 bits per heavy atom. The number of halogens is 1. The number of hydrogen-bond acceptors (Lipinski definition) is 7. The van der Waals surface area contributed by atoms with Gasteiger partial charge >= 0.3 is 11.9 Å². The summed E-state index contributed by atoms with van der Waals surface area (Å²) < 4.78 is 18.7. The Kier molecular flexibility index (Phi) is 8.78. The van der Waals surface area contributed by atoms with Gasteiger partial charge in [-0.05, 0) is 72.5 Å². The first-order chi connectivity index (χ1) is 22.7. The molecule has 6 aromatic rings. The Morgan fingerprint density at radius 1 is 0.702 bits per heavy atom. The van der Waals surface area contributed by atoms with Gasteiger partial charge in [-0.15, -0.1) is 0 Å². The molecule has 47 heavy (non-hydrogen) atoms. The maximum absolute atomic E-state index is 14.2. The maximum Gasteiger partial charge on any atom is 0.365 e. The number of benzene rings is 5. The molecule has 6 rings (SSSR count). The molecule has 0 radical (unpaired) electrons. The van der Waals surface area contributed by atoms with Gasteiger partial charge in [-0.3, -0.25) is 4.79 Å². The van der Waals surface area contributed by atoms with Crippen LogP contribution in [0.3, 0.4) is 0 Å². The number of rotatable bonds is 9. The molecule has 0 bridgehead atoms. The summed E-state index contributed by atoms with van der Waals surface area (Å²) in [6, 6.07) is 40.1. The number of hydrogen-bond donors (Lipinski definition) is 0. The highest BCUT2D eigenvalue weighted by Gasteiger charge is 2.44. The largest absolute Gasteiger partial charge is 0.436 e. The maximum atomic E-state index is 14.2. The molecule has 0 atom stereocenters. The van der Waals surface area contributed by atoms with Crippen molar-refractivity contribution in [2.45, 2.75) is 26.3 Å². The molecule has 9 heteroatoms. The third-order valence-corrected chi connectivity index (χ3v) is 7.94. The second kappa shape index (κ2) is 13.1. The van der Waals surface area contributed by atoms with Crippen LogP contribution < -0.4 is 4.74 Å². The van der Waals surface area contributed by atoms with E-state index in [-0.39, 0.29) is 11.6 Å². The van der Waals surface area contributed by atoms with Crippen LogP contribution in [0.25, 0.3) is 10.8 Å². The van der Waals surface area contributed by atoms with E-state index in [1.807, 2.05) is 115 Å². The van der Waals surface area contributed by atoms with E-state index in [9.17, 15) is 9.59 Å². The highest BCUT2D eigenvalue weighted by molar-refractivity contribution is 6.31. The average Bonchev–Trinajstić information content (AvgIpc) is 3.49. The lowest BCUT2D eigenvalue weighted by atomic mass is 9.77. The van der Waals surface area contributed by atoms with Crippen molar-refractivity contribution in [3.05, 3.63) is 155 Å². The number of nitrogens with zero attached hydrogens (tertiary/aromatic N) is 3. The number of carbonyl (C=O) groups excluding carboxylic acids is 2. The fraction of sp³-hybridized carbons (Fsp3) is 0.158. The van der Waals surface area contributed by atoms with E-state index >= 15 is 0 Å². The molecular weight excluding hydrogens is 614 g/mol. The highest BCUT2D eigenvalue weighted by atomic mass is 35.5. The van der Waals surface area contributed by atoms with Crippen LogP contribution in [0.4, 0.5) is 0 Å². The highest BCUT2D eigenvalue weighted by Crippen LogP contribution is 2.43. The average molecular weight is 646 g/mol. The van der Waals surface area contributed by atoms with Gasteiger partial charge in [0.2, 0.25) is 12.5 Å². The molecule has 0 fully saturated rings. The Bertz CT molecular complexity index is 1930. The molecule has 0 aliphatic heterocycles. The van der Waals surface area contributed by atoms with E-state index in [2.05, 4.69) is 10.3 Å². The predicted molar refractivity (Wildman–Crippen MR) is 179 cm³/mol. The number of ether oxygens (including phenoxy) is 3. The molecule has 0 spiro atoms.